The molecule has 3 rings (SSSR count). The van der Waals surface area contributed by atoms with Crippen LogP contribution in [-0.4, -0.2) is 41.6 Å². The molecule has 142 valence electrons. The minimum Gasteiger partial charge on any atom is -0.490 e. The van der Waals surface area contributed by atoms with E-state index in [1.165, 1.54) is 4.90 Å². The second-order valence-corrected chi connectivity index (χ2v) is 6.95. The van der Waals surface area contributed by atoms with Crippen LogP contribution in [0.2, 0.25) is 0 Å². The summed E-state index contributed by atoms with van der Waals surface area (Å²) in [6.45, 7) is 4.92. The molecule has 2 heterocycles. The maximum atomic E-state index is 12.4. The van der Waals surface area contributed by atoms with E-state index in [1.54, 1.807) is 18.3 Å². The number of hydrogen-bond donors (Lipinski definition) is 1. The van der Waals surface area contributed by atoms with Crippen molar-refractivity contribution in [3.05, 3.63) is 54.2 Å². The zero-order valence-electron chi connectivity index (χ0n) is 15.5. The summed E-state index contributed by atoms with van der Waals surface area (Å²) < 4.78 is 11.1. The number of aromatic nitrogens is 1. The van der Waals surface area contributed by atoms with Crippen molar-refractivity contribution >= 4 is 11.9 Å². The zero-order valence-corrected chi connectivity index (χ0v) is 15.5. The molecule has 7 heteroatoms. The van der Waals surface area contributed by atoms with Gasteiger partial charge in [-0.25, -0.2) is 9.78 Å². The SMILES string of the molecule is CC1(C)CNC(=O)N(Cc2ccc(OCCOc3ccccc3)nc2)C1=O. The molecule has 0 saturated carbocycles. The van der Waals surface area contributed by atoms with Gasteiger partial charge in [-0.3, -0.25) is 9.69 Å². The highest BCUT2D eigenvalue weighted by atomic mass is 16.5. The van der Waals surface area contributed by atoms with Gasteiger partial charge in [0.05, 0.1) is 12.0 Å². The van der Waals surface area contributed by atoms with Crippen LogP contribution in [0.5, 0.6) is 11.6 Å². The predicted molar refractivity (Wildman–Crippen MR) is 99.4 cm³/mol. The van der Waals surface area contributed by atoms with Crippen molar-refractivity contribution in [3.8, 4) is 11.6 Å². The Kier molecular flexibility index (Phi) is 5.59. The van der Waals surface area contributed by atoms with Crippen LogP contribution in [0, 0.1) is 5.41 Å². The van der Waals surface area contributed by atoms with Gasteiger partial charge in [-0.05, 0) is 31.5 Å². The third kappa shape index (κ3) is 4.75. The molecule has 0 radical (unpaired) electrons. The topological polar surface area (TPSA) is 80.8 Å². The van der Waals surface area contributed by atoms with Gasteiger partial charge < -0.3 is 14.8 Å². The summed E-state index contributed by atoms with van der Waals surface area (Å²) in [6, 6.07) is 12.6. The Bertz CT molecular complexity index is 791. The summed E-state index contributed by atoms with van der Waals surface area (Å²) in [5.74, 6) is 1.06. The Morgan fingerprint density at radius 2 is 1.81 bits per heavy atom. The van der Waals surface area contributed by atoms with Crippen molar-refractivity contribution in [2.75, 3.05) is 19.8 Å². The number of carbonyl (C=O) groups is 2. The third-order valence-electron chi connectivity index (χ3n) is 4.23. The van der Waals surface area contributed by atoms with Gasteiger partial charge in [-0.15, -0.1) is 0 Å². The summed E-state index contributed by atoms with van der Waals surface area (Å²) >= 11 is 0. The number of nitrogens with zero attached hydrogens (tertiary/aromatic N) is 2. The number of hydrogen-bond acceptors (Lipinski definition) is 5. The average molecular weight is 369 g/mol. The zero-order chi connectivity index (χ0) is 19.3. The summed E-state index contributed by atoms with van der Waals surface area (Å²) in [6.07, 6.45) is 1.61. The lowest BCUT2D eigenvalue weighted by atomic mass is 9.90. The number of pyridine rings is 1. The molecule has 1 saturated heterocycles. The van der Waals surface area contributed by atoms with Crippen molar-refractivity contribution in [3.63, 3.8) is 0 Å². The Labute approximate surface area is 158 Å². The molecule has 3 amide bonds. The van der Waals surface area contributed by atoms with Gasteiger partial charge in [0.2, 0.25) is 11.8 Å². The standard InChI is InChI=1S/C20H23N3O4/c1-20(2)14-22-19(25)23(18(20)24)13-15-8-9-17(21-12-15)27-11-10-26-16-6-4-3-5-7-16/h3-9,12H,10-11,13-14H2,1-2H3,(H,22,25). The Morgan fingerprint density at radius 3 is 2.52 bits per heavy atom. The Hall–Kier alpha value is -3.09. The highest BCUT2D eigenvalue weighted by Gasteiger charge is 2.39. The predicted octanol–water partition coefficient (Wildman–Crippen LogP) is 2.62. The van der Waals surface area contributed by atoms with Crippen LogP contribution >= 0.6 is 0 Å². The molecule has 0 spiro atoms. The first-order valence-corrected chi connectivity index (χ1v) is 8.81. The van der Waals surface area contributed by atoms with E-state index in [4.69, 9.17) is 9.47 Å². The molecule has 27 heavy (non-hydrogen) atoms. The minimum atomic E-state index is -0.608. The van der Waals surface area contributed by atoms with E-state index in [9.17, 15) is 9.59 Å². The lowest BCUT2D eigenvalue weighted by Gasteiger charge is -2.36. The number of benzene rings is 1. The Balaban J connectivity index is 1.50. The van der Waals surface area contributed by atoms with Crippen LogP contribution in [0.4, 0.5) is 4.79 Å². The molecule has 1 aliphatic heterocycles. The fraction of sp³-hybridized carbons (Fsp3) is 0.350. The molecular formula is C20H23N3O4. The van der Waals surface area contributed by atoms with Gasteiger partial charge in [0.15, 0.2) is 0 Å². The van der Waals surface area contributed by atoms with Crippen LogP contribution in [0.3, 0.4) is 0 Å². The van der Waals surface area contributed by atoms with E-state index >= 15 is 0 Å². The summed E-state index contributed by atoms with van der Waals surface area (Å²) in [7, 11) is 0. The molecule has 0 aliphatic carbocycles. The lowest BCUT2D eigenvalue weighted by Crippen LogP contribution is -2.58. The highest BCUT2D eigenvalue weighted by molar-refractivity contribution is 5.99. The molecule has 1 aromatic carbocycles. The molecule has 7 nitrogen and oxygen atoms in total. The molecule has 1 aromatic heterocycles. The van der Waals surface area contributed by atoms with E-state index in [1.807, 2.05) is 44.2 Å². The van der Waals surface area contributed by atoms with Gasteiger partial charge in [-0.2, -0.15) is 0 Å². The van der Waals surface area contributed by atoms with Gasteiger partial charge in [-0.1, -0.05) is 24.3 Å². The van der Waals surface area contributed by atoms with Crippen LogP contribution in [0.25, 0.3) is 0 Å². The largest absolute Gasteiger partial charge is 0.490 e. The maximum absolute atomic E-state index is 12.4. The molecule has 1 N–H and O–H groups in total. The van der Waals surface area contributed by atoms with Crippen molar-refractivity contribution in [1.82, 2.24) is 15.2 Å². The Morgan fingerprint density at radius 1 is 1.07 bits per heavy atom. The van der Waals surface area contributed by atoms with Crippen molar-refractivity contribution < 1.29 is 19.1 Å². The summed E-state index contributed by atoms with van der Waals surface area (Å²) in [5, 5.41) is 2.74. The molecule has 2 aromatic rings. The van der Waals surface area contributed by atoms with Crippen LogP contribution < -0.4 is 14.8 Å². The second kappa shape index (κ2) is 8.07. The smallest absolute Gasteiger partial charge is 0.324 e. The van der Waals surface area contributed by atoms with Crippen molar-refractivity contribution in [2.45, 2.75) is 20.4 Å². The van der Waals surface area contributed by atoms with Crippen LogP contribution in [0.1, 0.15) is 19.4 Å². The molecule has 1 aliphatic rings. The van der Waals surface area contributed by atoms with Crippen molar-refractivity contribution in [1.29, 1.82) is 0 Å². The number of imide groups is 1. The normalized spacial score (nSPS) is 16.0. The number of carbonyl (C=O) groups excluding carboxylic acids is 2. The first-order valence-electron chi connectivity index (χ1n) is 8.81. The monoisotopic (exact) mass is 369 g/mol. The molecule has 0 unspecified atom stereocenters. The summed E-state index contributed by atoms with van der Waals surface area (Å²) in [4.78, 5) is 29.9. The highest BCUT2D eigenvalue weighted by Crippen LogP contribution is 2.23. The van der Waals surface area contributed by atoms with E-state index in [0.717, 1.165) is 11.3 Å². The number of amides is 3. The number of ether oxygens (including phenoxy) is 2. The molecule has 0 bridgehead atoms. The van der Waals surface area contributed by atoms with Crippen LogP contribution in [-0.2, 0) is 11.3 Å². The number of nitrogens with one attached hydrogen (secondary N) is 1. The molecule has 0 atom stereocenters. The minimum absolute atomic E-state index is 0.179. The third-order valence-corrected chi connectivity index (χ3v) is 4.23. The molecular weight excluding hydrogens is 346 g/mol. The van der Waals surface area contributed by atoms with Crippen LogP contribution in [0.15, 0.2) is 48.7 Å². The number of urea groups is 1. The molecule has 1 fully saturated rings. The summed E-state index contributed by atoms with van der Waals surface area (Å²) in [5.41, 5.74) is 0.146. The lowest BCUT2D eigenvalue weighted by molar-refractivity contribution is -0.139. The first kappa shape index (κ1) is 18.7. The van der Waals surface area contributed by atoms with Gasteiger partial charge in [0.1, 0.15) is 19.0 Å². The second-order valence-electron chi connectivity index (χ2n) is 6.95. The van der Waals surface area contributed by atoms with E-state index < -0.39 is 5.41 Å². The maximum Gasteiger partial charge on any atom is 0.324 e. The fourth-order valence-electron chi connectivity index (χ4n) is 2.66. The van der Waals surface area contributed by atoms with Gasteiger partial charge in [0.25, 0.3) is 0 Å². The average Bonchev–Trinajstić information content (AvgIpc) is 2.68. The van der Waals surface area contributed by atoms with E-state index in [2.05, 4.69) is 10.3 Å². The van der Waals surface area contributed by atoms with E-state index in [0.29, 0.717) is 25.6 Å². The fourth-order valence-corrected chi connectivity index (χ4v) is 2.66. The van der Waals surface area contributed by atoms with Crippen molar-refractivity contribution in [2.24, 2.45) is 5.41 Å². The first-order chi connectivity index (χ1) is 13.0. The quantitative estimate of drug-likeness (QED) is 0.759. The van der Waals surface area contributed by atoms with Gasteiger partial charge in [0, 0.05) is 18.8 Å². The number of para-hydroxylation sites is 1. The van der Waals surface area contributed by atoms with E-state index in [-0.39, 0.29) is 18.5 Å². The number of rotatable bonds is 7. The van der Waals surface area contributed by atoms with Gasteiger partial charge >= 0.3 is 6.03 Å².